The van der Waals surface area contributed by atoms with E-state index in [2.05, 4.69) is 26.6 Å². The van der Waals surface area contributed by atoms with E-state index in [-0.39, 0.29) is 12.3 Å². The van der Waals surface area contributed by atoms with Crippen LogP contribution in [0.1, 0.15) is 11.1 Å². The molecule has 0 aromatic heterocycles. The van der Waals surface area contributed by atoms with Crippen molar-refractivity contribution >= 4 is 57.1 Å². The van der Waals surface area contributed by atoms with Gasteiger partial charge in [0.15, 0.2) is 0 Å². The molecule has 0 atom stereocenters. The molecule has 5 nitrogen and oxygen atoms in total. The molecule has 25 heavy (non-hydrogen) atoms. The Kier molecular flexibility index (Phi) is 5.32. The van der Waals surface area contributed by atoms with Gasteiger partial charge < -0.3 is 10.1 Å². The molecule has 8 heteroatoms. The summed E-state index contributed by atoms with van der Waals surface area (Å²) in [4.78, 5) is 22.6. The highest BCUT2D eigenvalue weighted by Crippen LogP contribution is 2.29. The van der Waals surface area contributed by atoms with Gasteiger partial charge in [0.1, 0.15) is 18.1 Å². The van der Waals surface area contributed by atoms with Gasteiger partial charge in [0.2, 0.25) is 0 Å². The van der Waals surface area contributed by atoms with Gasteiger partial charge in [0.05, 0.1) is 4.47 Å². The quantitative estimate of drug-likeness (QED) is 0.541. The molecule has 2 aromatic carbocycles. The van der Waals surface area contributed by atoms with Gasteiger partial charge in [-0.15, -0.1) is 0 Å². The first-order valence-corrected chi connectivity index (χ1v) is 8.67. The molecule has 0 bridgehead atoms. The van der Waals surface area contributed by atoms with Crippen LogP contribution in [-0.2, 0) is 11.4 Å². The molecule has 1 aliphatic rings. The smallest absolute Gasteiger partial charge is 0.326 e. The van der Waals surface area contributed by atoms with Crippen LogP contribution >= 0.6 is 39.1 Å². The van der Waals surface area contributed by atoms with Crippen molar-refractivity contribution in [2.75, 3.05) is 0 Å². The molecule has 3 rings (SSSR count). The van der Waals surface area contributed by atoms with E-state index in [4.69, 9.17) is 27.9 Å². The number of rotatable bonds is 4. The van der Waals surface area contributed by atoms with Crippen LogP contribution in [-0.4, -0.2) is 11.9 Å². The van der Waals surface area contributed by atoms with Crippen molar-refractivity contribution in [3.8, 4) is 5.75 Å². The molecule has 0 radical (unpaired) electrons. The van der Waals surface area contributed by atoms with Crippen molar-refractivity contribution < 1.29 is 14.3 Å². The fourth-order valence-corrected chi connectivity index (χ4v) is 3.14. The number of halogens is 3. The third kappa shape index (κ3) is 4.34. The third-order valence-electron chi connectivity index (χ3n) is 3.39. The van der Waals surface area contributed by atoms with Gasteiger partial charge in [0.25, 0.3) is 5.91 Å². The fraction of sp³-hybridized carbons (Fsp3) is 0.0588. The summed E-state index contributed by atoms with van der Waals surface area (Å²) in [7, 11) is 0. The summed E-state index contributed by atoms with van der Waals surface area (Å²) in [6, 6.07) is 9.99. The lowest BCUT2D eigenvalue weighted by Crippen LogP contribution is -2.22. The van der Waals surface area contributed by atoms with Gasteiger partial charge in [-0.2, -0.15) is 0 Å². The Balaban J connectivity index is 1.73. The highest BCUT2D eigenvalue weighted by molar-refractivity contribution is 9.10. The Labute approximate surface area is 162 Å². The summed E-state index contributed by atoms with van der Waals surface area (Å²) < 4.78 is 6.47. The van der Waals surface area contributed by atoms with Crippen LogP contribution in [0.3, 0.4) is 0 Å². The van der Waals surface area contributed by atoms with E-state index in [1.54, 1.807) is 42.5 Å². The molecule has 2 aromatic rings. The van der Waals surface area contributed by atoms with E-state index in [1.807, 2.05) is 0 Å². The molecule has 1 saturated heterocycles. The van der Waals surface area contributed by atoms with Crippen LogP contribution in [0, 0.1) is 0 Å². The summed E-state index contributed by atoms with van der Waals surface area (Å²) in [5, 5.41) is 5.68. The van der Waals surface area contributed by atoms with E-state index >= 15 is 0 Å². The van der Waals surface area contributed by atoms with Gasteiger partial charge in [0, 0.05) is 15.6 Å². The molecule has 0 spiro atoms. The van der Waals surface area contributed by atoms with Crippen molar-refractivity contribution in [1.29, 1.82) is 0 Å². The molecule has 3 amide bonds. The van der Waals surface area contributed by atoms with Crippen LogP contribution < -0.4 is 15.4 Å². The molecule has 0 aliphatic carbocycles. The van der Waals surface area contributed by atoms with Gasteiger partial charge in [-0.1, -0.05) is 35.3 Å². The highest BCUT2D eigenvalue weighted by Gasteiger charge is 2.22. The van der Waals surface area contributed by atoms with E-state index in [0.717, 1.165) is 11.1 Å². The lowest BCUT2D eigenvalue weighted by atomic mass is 10.2. The zero-order valence-corrected chi connectivity index (χ0v) is 15.7. The SMILES string of the molecule is O=C1NC(=O)/C(=C/c2ccc(OCc3ccc(Cl)cc3Cl)c(Br)c2)N1. The minimum Gasteiger partial charge on any atom is -0.488 e. The van der Waals surface area contributed by atoms with Gasteiger partial charge >= 0.3 is 6.03 Å². The first-order valence-electron chi connectivity index (χ1n) is 7.12. The Bertz CT molecular complexity index is 899. The third-order valence-corrected chi connectivity index (χ3v) is 4.59. The number of benzene rings is 2. The van der Waals surface area contributed by atoms with E-state index in [1.165, 1.54) is 0 Å². The minimum absolute atomic E-state index is 0.193. The molecule has 2 N–H and O–H groups in total. The van der Waals surface area contributed by atoms with E-state index < -0.39 is 11.9 Å². The summed E-state index contributed by atoms with van der Waals surface area (Å²) in [5.41, 5.74) is 1.74. The van der Waals surface area contributed by atoms with Crippen molar-refractivity contribution in [1.82, 2.24) is 10.6 Å². The predicted octanol–water partition coefficient (Wildman–Crippen LogP) is 4.52. The second kappa shape index (κ2) is 7.47. The normalized spacial score (nSPS) is 15.2. The lowest BCUT2D eigenvalue weighted by molar-refractivity contribution is -0.115. The minimum atomic E-state index is -0.532. The molecular formula is C17H11BrCl2N2O3. The number of ether oxygens (including phenoxy) is 1. The Hall–Kier alpha value is -2.02. The maximum absolute atomic E-state index is 11.5. The monoisotopic (exact) mass is 440 g/mol. The average Bonchev–Trinajstić information content (AvgIpc) is 2.85. The van der Waals surface area contributed by atoms with Crippen LogP contribution in [0.4, 0.5) is 4.79 Å². The topological polar surface area (TPSA) is 67.4 Å². The predicted molar refractivity (Wildman–Crippen MR) is 99.6 cm³/mol. The summed E-state index contributed by atoms with van der Waals surface area (Å²) in [5.74, 6) is 0.159. The Morgan fingerprint density at radius 1 is 1.08 bits per heavy atom. The first kappa shape index (κ1) is 17.8. The van der Waals surface area contributed by atoms with Crippen LogP contribution in [0.25, 0.3) is 6.08 Å². The number of hydrogen-bond donors (Lipinski definition) is 2. The van der Waals surface area contributed by atoms with Crippen molar-refractivity contribution in [2.24, 2.45) is 0 Å². The number of carbonyl (C=O) groups excluding carboxylic acids is 2. The zero-order chi connectivity index (χ0) is 18.0. The molecule has 0 unspecified atom stereocenters. The maximum atomic E-state index is 11.5. The number of hydrogen-bond acceptors (Lipinski definition) is 3. The molecule has 1 heterocycles. The maximum Gasteiger partial charge on any atom is 0.326 e. The lowest BCUT2D eigenvalue weighted by Gasteiger charge is -2.10. The number of carbonyl (C=O) groups is 2. The molecule has 128 valence electrons. The van der Waals surface area contributed by atoms with Gasteiger partial charge in [-0.3, -0.25) is 10.1 Å². The van der Waals surface area contributed by atoms with Crippen molar-refractivity contribution in [2.45, 2.75) is 6.61 Å². The number of urea groups is 1. The van der Waals surface area contributed by atoms with E-state index in [9.17, 15) is 9.59 Å². The molecular weight excluding hydrogens is 431 g/mol. The fourth-order valence-electron chi connectivity index (χ4n) is 2.17. The number of amides is 3. The van der Waals surface area contributed by atoms with Gasteiger partial charge in [-0.05, 0) is 51.8 Å². The van der Waals surface area contributed by atoms with Crippen molar-refractivity contribution in [3.05, 3.63) is 67.7 Å². The van der Waals surface area contributed by atoms with E-state index in [0.29, 0.717) is 20.3 Å². The molecule has 1 fully saturated rings. The number of imide groups is 1. The van der Waals surface area contributed by atoms with Crippen LogP contribution in [0.15, 0.2) is 46.6 Å². The Morgan fingerprint density at radius 3 is 2.52 bits per heavy atom. The second-order valence-corrected chi connectivity index (χ2v) is 6.88. The summed E-state index contributed by atoms with van der Waals surface area (Å²) >= 11 is 15.4. The standard InChI is InChI=1S/C17H11BrCl2N2O3/c18-12-5-9(6-14-16(23)22-17(24)21-14)1-4-15(12)25-8-10-2-3-11(19)7-13(10)20/h1-7H,8H2,(H2,21,22,23,24)/b14-6-. The zero-order valence-electron chi connectivity index (χ0n) is 12.6. The highest BCUT2D eigenvalue weighted by atomic mass is 79.9. The number of nitrogens with one attached hydrogen (secondary N) is 2. The summed E-state index contributed by atoms with van der Waals surface area (Å²) in [6.07, 6.45) is 1.57. The largest absolute Gasteiger partial charge is 0.488 e. The molecule has 1 aliphatic heterocycles. The second-order valence-electron chi connectivity index (χ2n) is 5.18. The van der Waals surface area contributed by atoms with Crippen molar-refractivity contribution in [3.63, 3.8) is 0 Å². The van der Waals surface area contributed by atoms with Crippen LogP contribution in [0.5, 0.6) is 5.75 Å². The Morgan fingerprint density at radius 2 is 1.88 bits per heavy atom. The van der Waals surface area contributed by atoms with Crippen LogP contribution in [0.2, 0.25) is 10.0 Å². The average molecular weight is 442 g/mol. The first-order chi connectivity index (χ1) is 11.9. The summed E-state index contributed by atoms with van der Waals surface area (Å²) in [6.45, 7) is 0.285. The molecule has 0 saturated carbocycles. The van der Waals surface area contributed by atoms with Gasteiger partial charge in [-0.25, -0.2) is 4.79 Å².